The van der Waals surface area contributed by atoms with Gasteiger partial charge in [0.25, 0.3) is 0 Å². The molecular formula is C12H19BrN4. The van der Waals surface area contributed by atoms with Crippen molar-refractivity contribution in [2.75, 3.05) is 25.0 Å². The molecule has 0 aromatic carbocycles. The van der Waals surface area contributed by atoms with Crippen molar-refractivity contribution in [2.24, 2.45) is 0 Å². The molecule has 2 rings (SSSR count). The van der Waals surface area contributed by atoms with Crippen LogP contribution in [0.15, 0.2) is 17.0 Å². The van der Waals surface area contributed by atoms with E-state index in [9.17, 15) is 0 Å². The zero-order valence-corrected chi connectivity index (χ0v) is 11.8. The lowest BCUT2D eigenvalue weighted by Crippen LogP contribution is -2.38. The molecule has 1 N–H and O–H groups in total. The highest BCUT2D eigenvalue weighted by atomic mass is 79.9. The maximum atomic E-state index is 4.22. The van der Waals surface area contributed by atoms with Crippen LogP contribution in [0.1, 0.15) is 26.2 Å². The third-order valence-electron chi connectivity index (χ3n) is 3.03. The van der Waals surface area contributed by atoms with Gasteiger partial charge in [0.1, 0.15) is 12.1 Å². The second-order valence-corrected chi connectivity index (χ2v) is 5.48. The Morgan fingerprint density at radius 1 is 1.41 bits per heavy atom. The molecule has 2 heterocycles. The van der Waals surface area contributed by atoms with Crippen molar-refractivity contribution in [3.63, 3.8) is 0 Å². The van der Waals surface area contributed by atoms with E-state index in [0.717, 1.165) is 16.8 Å². The van der Waals surface area contributed by atoms with Crippen LogP contribution >= 0.6 is 15.9 Å². The molecule has 1 aliphatic rings. The van der Waals surface area contributed by atoms with Crippen LogP contribution in [-0.2, 0) is 0 Å². The van der Waals surface area contributed by atoms with E-state index in [4.69, 9.17) is 0 Å². The zero-order chi connectivity index (χ0) is 12.1. The molecule has 17 heavy (non-hydrogen) atoms. The van der Waals surface area contributed by atoms with Crippen molar-refractivity contribution < 1.29 is 0 Å². The molecule has 0 amide bonds. The smallest absolute Gasteiger partial charge is 0.143 e. The number of halogens is 1. The minimum atomic E-state index is 0.402. The Balaban J connectivity index is 1.84. The van der Waals surface area contributed by atoms with Crippen LogP contribution in [0, 0.1) is 0 Å². The highest BCUT2D eigenvalue weighted by Gasteiger charge is 2.14. The molecule has 1 saturated heterocycles. The maximum absolute atomic E-state index is 4.22. The molecule has 0 aliphatic carbocycles. The molecule has 0 radical (unpaired) electrons. The van der Waals surface area contributed by atoms with Crippen LogP contribution in [0.4, 0.5) is 5.82 Å². The SMILES string of the molecule is CC(CN1CCCCC1)Nc1ncncc1Br. The normalized spacial score (nSPS) is 18.9. The van der Waals surface area contributed by atoms with Gasteiger partial charge < -0.3 is 10.2 Å². The second kappa shape index (κ2) is 6.31. The highest BCUT2D eigenvalue weighted by molar-refractivity contribution is 9.10. The fourth-order valence-corrected chi connectivity index (χ4v) is 2.56. The molecule has 0 spiro atoms. The van der Waals surface area contributed by atoms with Gasteiger partial charge in [0, 0.05) is 18.8 Å². The standard InChI is InChI=1S/C12H19BrN4/c1-10(8-17-5-3-2-4-6-17)16-12-11(13)7-14-9-15-12/h7,9-10H,2-6,8H2,1H3,(H,14,15,16). The summed E-state index contributed by atoms with van der Waals surface area (Å²) in [4.78, 5) is 10.7. The van der Waals surface area contributed by atoms with Crippen LogP contribution in [0.2, 0.25) is 0 Å². The lowest BCUT2D eigenvalue weighted by molar-refractivity contribution is 0.223. The molecule has 0 saturated carbocycles. The Hall–Kier alpha value is -0.680. The summed E-state index contributed by atoms with van der Waals surface area (Å²) in [5.41, 5.74) is 0. The van der Waals surface area contributed by atoms with Gasteiger partial charge in [-0.3, -0.25) is 0 Å². The molecule has 94 valence electrons. The monoisotopic (exact) mass is 298 g/mol. The van der Waals surface area contributed by atoms with Crippen molar-refractivity contribution in [2.45, 2.75) is 32.2 Å². The summed E-state index contributed by atoms with van der Waals surface area (Å²) >= 11 is 3.45. The maximum Gasteiger partial charge on any atom is 0.143 e. The van der Waals surface area contributed by atoms with E-state index < -0.39 is 0 Å². The minimum Gasteiger partial charge on any atom is -0.365 e. The van der Waals surface area contributed by atoms with E-state index >= 15 is 0 Å². The molecule has 1 unspecified atom stereocenters. The molecular weight excluding hydrogens is 280 g/mol. The fraction of sp³-hybridized carbons (Fsp3) is 0.667. The Kier molecular flexibility index (Phi) is 4.74. The molecule has 1 fully saturated rings. The van der Waals surface area contributed by atoms with Gasteiger partial charge >= 0.3 is 0 Å². The van der Waals surface area contributed by atoms with Gasteiger partial charge in [-0.2, -0.15) is 0 Å². The number of hydrogen-bond acceptors (Lipinski definition) is 4. The van der Waals surface area contributed by atoms with Crippen molar-refractivity contribution in [1.82, 2.24) is 14.9 Å². The Labute approximate surface area is 111 Å². The van der Waals surface area contributed by atoms with Crippen molar-refractivity contribution in [3.05, 3.63) is 17.0 Å². The summed E-state index contributed by atoms with van der Waals surface area (Å²) < 4.78 is 0.922. The van der Waals surface area contributed by atoms with Gasteiger partial charge in [-0.1, -0.05) is 6.42 Å². The molecule has 1 aliphatic heterocycles. The number of likely N-dealkylation sites (tertiary alicyclic amines) is 1. The number of rotatable bonds is 4. The Bertz CT molecular complexity index is 352. The van der Waals surface area contributed by atoms with Gasteiger partial charge in [0.15, 0.2) is 0 Å². The van der Waals surface area contributed by atoms with Crippen LogP contribution in [0.25, 0.3) is 0 Å². The van der Waals surface area contributed by atoms with E-state index in [1.54, 1.807) is 12.5 Å². The first-order valence-corrected chi connectivity index (χ1v) is 6.99. The molecule has 1 aromatic heterocycles. The quantitative estimate of drug-likeness (QED) is 0.927. The third-order valence-corrected chi connectivity index (χ3v) is 3.61. The molecule has 1 aromatic rings. The van der Waals surface area contributed by atoms with E-state index in [2.05, 4.69) is 43.0 Å². The molecule has 5 heteroatoms. The Morgan fingerprint density at radius 3 is 2.88 bits per heavy atom. The van der Waals surface area contributed by atoms with Crippen molar-refractivity contribution >= 4 is 21.7 Å². The highest BCUT2D eigenvalue weighted by Crippen LogP contribution is 2.18. The summed E-state index contributed by atoms with van der Waals surface area (Å²) in [5.74, 6) is 0.879. The van der Waals surface area contributed by atoms with Gasteiger partial charge in [0.2, 0.25) is 0 Å². The van der Waals surface area contributed by atoms with E-state index in [-0.39, 0.29) is 0 Å². The molecule has 0 bridgehead atoms. The Morgan fingerprint density at radius 2 is 2.18 bits per heavy atom. The number of piperidine rings is 1. The first kappa shape index (κ1) is 12.8. The van der Waals surface area contributed by atoms with E-state index in [1.807, 2.05) is 0 Å². The first-order valence-electron chi connectivity index (χ1n) is 6.20. The van der Waals surface area contributed by atoms with Gasteiger partial charge in [-0.25, -0.2) is 9.97 Å². The predicted molar refractivity (Wildman–Crippen MR) is 73.1 cm³/mol. The summed E-state index contributed by atoms with van der Waals surface area (Å²) in [5, 5.41) is 3.42. The lowest BCUT2D eigenvalue weighted by Gasteiger charge is -2.29. The number of hydrogen-bond donors (Lipinski definition) is 1. The van der Waals surface area contributed by atoms with Crippen LogP contribution in [0.3, 0.4) is 0 Å². The average molecular weight is 299 g/mol. The van der Waals surface area contributed by atoms with E-state index in [0.29, 0.717) is 6.04 Å². The van der Waals surface area contributed by atoms with Crippen molar-refractivity contribution in [1.29, 1.82) is 0 Å². The zero-order valence-electron chi connectivity index (χ0n) is 10.2. The summed E-state index contributed by atoms with van der Waals surface area (Å²) in [6, 6.07) is 0.402. The number of nitrogens with one attached hydrogen (secondary N) is 1. The number of nitrogens with zero attached hydrogens (tertiary/aromatic N) is 3. The number of anilines is 1. The van der Waals surface area contributed by atoms with Gasteiger partial charge in [-0.15, -0.1) is 0 Å². The van der Waals surface area contributed by atoms with E-state index in [1.165, 1.54) is 32.4 Å². The third kappa shape index (κ3) is 3.92. The fourth-order valence-electron chi connectivity index (χ4n) is 2.23. The second-order valence-electron chi connectivity index (χ2n) is 4.63. The number of aromatic nitrogens is 2. The predicted octanol–water partition coefficient (Wildman–Crippen LogP) is 2.53. The van der Waals surface area contributed by atoms with Crippen LogP contribution < -0.4 is 5.32 Å². The lowest BCUT2D eigenvalue weighted by atomic mass is 10.1. The summed E-state index contributed by atoms with van der Waals surface area (Å²) in [7, 11) is 0. The topological polar surface area (TPSA) is 41.0 Å². The molecule has 1 atom stereocenters. The first-order chi connectivity index (χ1) is 8.25. The summed E-state index contributed by atoms with van der Waals surface area (Å²) in [6.45, 7) is 5.74. The molecule has 4 nitrogen and oxygen atoms in total. The van der Waals surface area contributed by atoms with Crippen molar-refractivity contribution in [3.8, 4) is 0 Å². The van der Waals surface area contributed by atoms with Crippen LogP contribution in [-0.4, -0.2) is 40.5 Å². The van der Waals surface area contributed by atoms with Crippen LogP contribution in [0.5, 0.6) is 0 Å². The minimum absolute atomic E-state index is 0.402. The largest absolute Gasteiger partial charge is 0.365 e. The summed E-state index contributed by atoms with van der Waals surface area (Å²) in [6.07, 6.45) is 7.40. The average Bonchev–Trinajstić information content (AvgIpc) is 2.33. The van der Waals surface area contributed by atoms with Gasteiger partial charge in [0.05, 0.1) is 4.47 Å². The van der Waals surface area contributed by atoms with Gasteiger partial charge in [-0.05, 0) is 48.8 Å².